The minimum absolute atomic E-state index is 0.297. The normalized spacial score (nSPS) is 10.4. The van der Waals surface area contributed by atoms with Gasteiger partial charge in [-0.15, -0.1) is 0 Å². The zero-order valence-electron chi connectivity index (χ0n) is 16.2. The summed E-state index contributed by atoms with van der Waals surface area (Å²) in [6.07, 6.45) is 3.72. The molecule has 3 aromatic rings. The van der Waals surface area contributed by atoms with Crippen LogP contribution in [0.15, 0.2) is 60.9 Å². The van der Waals surface area contributed by atoms with E-state index in [1.165, 1.54) is 12.4 Å². The molecule has 0 aliphatic rings. The number of hydrogen-bond donors (Lipinski definition) is 2. The molecule has 0 aliphatic heterocycles. The maximum Gasteiger partial charge on any atom is 0.257 e. The first-order valence-corrected chi connectivity index (χ1v) is 9.21. The van der Waals surface area contributed by atoms with Crippen molar-refractivity contribution in [2.24, 2.45) is 0 Å². The van der Waals surface area contributed by atoms with Crippen LogP contribution in [0.2, 0.25) is 0 Å². The molecule has 0 fully saturated rings. The molecule has 0 aliphatic carbocycles. The van der Waals surface area contributed by atoms with Crippen LogP contribution in [0.3, 0.4) is 0 Å². The van der Waals surface area contributed by atoms with Crippen molar-refractivity contribution in [3.8, 4) is 0 Å². The summed E-state index contributed by atoms with van der Waals surface area (Å²) in [6.45, 7) is 5.97. The highest BCUT2D eigenvalue weighted by Crippen LogP contribution is 2.19. The first-order valence-electron chi connectivity index (χ1n) is 9.21. The zero-order valence-corrected chi connectivity index (χ0v) is 16.2. The molecule has 5 heteroatoms. The van der Waals surface area contributed by atoms with Gasteiger partial charge in [-0.1, -0.05) is 42.8 Å². The van der Waals surface area contributed by atoms with Crippen molar-refractivity contribution in [3.63, 3.8) is 0 Å². The number of benzene rings is 2. The Kier molecular flexibility index (Phi) is 5.84. The minimum Gasteiger partial charge on any atom is -0.322 e. The van der Waals surface area contributed by atoms with Crippen molar-refractivity contribution < 1.29 is 9.59 Å². The highest BCUT2D eigenvalue weighted by Gasteiger charge is 2.13. The Morgan fingerprint density at radius 2 is 1.50 bits per heavy atom. The van der Waals surface area contributed by atoms with E-state index in [0.29, 0.717) is 11.1 Å². The smallest absolute Gasteiger partial charge is 0.257 e. The number of aromatic nitrogens is 1. The molecule has 28 heavy (non-hydrogen) atoms. The Morgan fingerprint density at radius 3 is 2.14 bits per heavy atom. The van der Waals surface area contributed by atoms with Crippen LogP contribution in [0.5, 0.6) is 0 Å². The Labute approximate surface area is 164 Å². The lowest BCUT2D eigenvalue weighted by Gasteiger charge is -2.11. The molecule has 2 amide bonds. The summed E-state index contributed by atoms with van der Waals surface area (Å²) in [5, 5.41) is 5.78. The number of nitrogens with zero attached hydrogens (tertiary/aromatic N) is 1. The maximum absolute atomic E-state index is 12.6. The second kappa shape index (κ2) is 8.48. The quantitative estimate of drug-likeness (QED) is 0.677. The van der Waals surface area contributed by atoms with Crippen LogP contribution in [0.25, 0.3) is 0 Å². The molecule has 2 N–H and O–H groups in total. The fourth-order valence-corrected chi connectivity index (χ4v) is 2.98. The Balaban J connectivity index is 1.77. The largest absolute Gasteiger partial charge is 0.322 e. The van der Waals surface area contributed by atoms with E-state index in [9.17, 15) is 9.59 Å². The van der Waals surface area contributed by atoms with Gasteiger partial charge >= 0.3 is 0 Å². The first kappa shape index (κ1) is 19.3. The van der Waals surface area contributed by atoms with Crippen molar-refractivity contribution >= 4 is 23.2 Å². The predicted molar refractivity (Wildman–Crippen MR) is 112 cm³/mol. The molecular formula is C23H23N3O2. The SMILES string of the molecule is CCc1ccccc1NC(=O)c1cncc(C(=O)Nc2ccc(C)cc2C)c1. The van der Waals surface area contributed by atoms with Crippen LogP contribution in [-0.4, -0.2) is 16.8 Å². The lowest BCUT2D eigenvalue weighted by atomic mass is 10.1. The van der Waals surface area contributed by atoms with Gasteiger partial charge in [0.25, 0.3) is 11.8 Å². The average Bonchev–Trinajstić information content (AvgIpc) is 2.70. The molecule has 5 nitrogen and oxygen atoms in total. The van der Waals surface area contributed by atoms with Gasteiger partial charge in [-0.05, 0) is 49.6 Å². The summed E-state index contributed by atoms with van der Waals surface area (Å²) in [6, 6.07) is 15.0. The van der Waals surface area contributed by atoms with Gasteiger partial charge in [-0.25, -0.2) is 0 Å². The molecule has 1 aromatic heterocycles. The Morgan fingerprint density at radius 1 is 0.857 bits per heavy atom. The topological polar surface area (TPSA) is 71.1 Å². The number of para-hydroxylation sites is 1. The fraction of sp³-hybridized carbons (Fsp3) is 0.174. The molecule has 0 saturated heterocycles. The number of carbonyl (C=O) groups excluding carboxylic acids is 2. The molecule has 3 rings (SSSR count). The van der Waals surface area contributed by atoms with E-state index in [1.54, 1.807) is 6.07 Å². The van der Waals surface area contributed by atoms with Gasteiger partial charge in [0, 0.05) is 23.8 Å². The number of hydrogen-bond acceptors (Lipinski definition) is 3. The van der Waals surface area contributed by atoms with Gasteiger partial charge in [0.2, 0.25) is 0 Å². The van der Waals surface area contributed by atoms with Crippen LogP contribution in [0.4, 0.5) is 11.4 Å². The van der Waals surface area contributed by atoms with Crippen molar-refractivity contribution in [2.45, 2.75) is 27.2 Å². The number of nitrogens with one attached hydrogen (secondary N) is 2. The molecule has 0 radical (unpaired) electrons. The van der Waals surface area contributed by atoms with Gasteiger partial charge in [0.1, 0.15) is 0 Å². The van der Waals surface area contributed by atoms with E-state index in [1.807, 2.05) is 63.2 Å². The van der Waals surface area contributed by atoms with E-state index in [-0.39, 0.29) is 11.8 Å². The third-order valence-corrected chi connectivity index (χ3v) is 4.54. The molecule has 0 saturated carbocycles. The standard InChI is InChI=1S/C23H23N3O2/c1-4-17-7-5-6-8-21(17)26-23(28)19-12-18(13-24-14-19)22(27)25-20-10-9-15(2)11-16(20)3/h5-14H,4H2,1-3H3,(H,25,27)(H,26,28). The lowest BCUT2D eigenvalue weighted by molar-refractivity contribution is 0.102. The van der Waals surface area contributed by atoms with Gasteiger partial charge in [0.05, 0.1) is 11.1 Å². The van der Waals surface area contributed by atoms with Gasteiger partial charge < -0.3 is 10.6 Å². The zero-order chi connectivity index (χ0) is 20.1. The highest BCUT2D eigenvalue weighted by atomic mass is 16.2. The van der Waals surface area contributed by atoms with E-state index in [4.69, 9.17) is 0 Å². The molecule has 0 unspecified atom stereocenters. The maximum atomic E-state index is 12.6. The van der Waals surface area contributed by atoms with E-state index in [0.717, 1.165) is 34.5 Å². The number of anilines is 2. The van der Waals surface area contributed by atoms with E-state index in [2.05, 4.69) is 15.6 Å². The first-order chi connectivity index (χ1) is 13.5. The van der Waals surface area contributed by atoms with Crippen LogP contribution in [0.1, 0.15) is 44.3 Å². The molecular weight excluding hydrogens is 350 g/mol. The third-order valence-electron chi connectivity index (χ3n) is 4.54. The van der Waals surface area contributed by atoms with Crippen LogP contribution in [0, 0.1) is 13.8 Å². The van der Waals surface area contributed by atoms with Gasteiger partial charge in [-0.3, -0.25) is 14.6 Å². The van der Waals surface area contributed by atoms with E-state index < -0.39 is 0 Å². The summed E-state index contributed by atoms with van der Waals surface area (Å²) < 4.78 is 0. The third kappa shape index (κ3) is 4.43. The van der Waals surface area contributed by atoms with Crippen LogP contribution >= 0.6 is 0 Å². The fourth-order valence-electron chi connectivity index (χ4n) is 2.98. The Bertz CT molecular complexity index is 1030. The summed E-state index contributed by atoms with van der Waals surface area (Å²) in [5.41, 5.74) is 5.32. The summed E-state index contributed by atoms with van der Waals surface area (Å²) in [4.78, 5) is 29.3. The summed E-state index contributed by atoms with van der Waals surface area (Å²) in [7, 11) is 0. The summed E-state index contributed by atoms with van der Waals surface area (Å²) in [5.74, 6) is -0.599. The minimum atomic E-state index is -0.303. The number of carbonyl (C=O) groups is 2. The van der Waals surface area contributed by atoms with Gasteiger partial charge in [-0.2, -0.15) is 0 Å². The predicted octanol–water partition coefficient (Wildman–Crippen LogP) is 4.77. The van der Waals surface area contributed by atoms with E-state index >= 15 is 0 Å². The molecule has 0 atom stereocenters. The number of amides is 2. The van der Waals surface area contributed by atoms with Crippen molar-refractivity contribution in [1.82, 2.24) is 4.98 Å². The molecule has 0 spiro atoms. The number of pyridine rings is 1. The van der Waals surface area contributed by atoms with Gasteiger partial charge in [0.15, 0.2) is 0 Å². The Hall–Kier alpha value is -3.47. The average molecular weight is 373 g/mol. The monoisotopic (exact) mass is 373 g/mol. The lowest BCUT2D eigenvalue weighted by Crippen LogP contribution is -2.17. The summed E-state index contributed by atoms with van der Waals surface area (Å²) >= 11 is 0. The van der Waals surface area contributed by atoms with Crippen LogP contribution in [-0.2, 0) is 6.42 Å². The van der Waals surface area contributed by atoms with Crippen molar-refractivity contribution in [1.29, 1.82) is 0 Å². The highest BCUT2D eigenvalue weighted by molar-refractivity contribution is 6.08. The second-order valence-corrected chi connectivity index (χ2v) is 6.70. The van der Waals surface area contributed by atoms with Crippen LogP contribution < -0.4 is 10.6 Å². The number of aryl methyl sites for hydroxylation is 3. The molecule has 1 heterocycles. The molecule has 0 bridgehead atoms. The van der Waals surface area contributed by atoms with Crippen molar-refractivity contribution in [3.05, 3.63) is 88.7 Å². The second-order valence-electron chi connectivity index (χ2n) is 6.70. The van der Waals surface area contributed by atoms with Crippen molar-refractivity contribution in [2.75, 3.05) is 10.6 Å². The number of rotatable bonds is 5. The molecule has 2 aromatic carbocycles. The molecule has 142 valence electrons.